The van der Waals surface area contributed by atoms with Gasteiger partial charge in [0.15, 0.2) is 0 Å². The van der Waals surface area contributed by atoms with Gasteiger partial charge in [0.1, 0.15) is 11.9 Å². The van der Waals surface area contributed by atoms with Crippen LogP contribution in [0.1, 0.15) is 43.2 Å². The van der Waals surface area contributed by atoms with Crippen LogP contribution in [-0.2, 0) is 6.18 Å². The Labute approximate surface area is 122 Å². The molecule has 0 radical (unpaired) electrons. The van der Waals surface area contributed by atoms with E-state index in [1.165, 1.54) is 19.4 Å². The quantitative estimate of drug-likeness (QED) is 0.889. The molecule has 2 aliphatic rings. The molecule has 0 saturated carbocycles. The van der Waals surface area contributed by atoms with Crippen LogP contribution in [0.4, 0.5) is 13.2 Å². The molecule has 1 N–H and O–H groups in total. The van der Waals surface area contributed by atoms with Crippen LogP contribution in [-0.4, -0.2) is 18.2 Å². The minimum Gasteiger partial charge on any atom is -0.490 e. The zero-order valence-corrected chi connectivity index (χ0v) is 12.0. The van der Waals surface area contributed by atoms with Gasteiger partial charge in [0.25, 0.3) is 0 Å². The molecule has 3 rings (SSSR count). The fraction of sp³-hybridized carbons (Fsp3) is 0.625. The summed E-state index contributed by atoms with van der Waals surface area (Å²) in [6, 6.07) is 5.08. The molecule has 0 amide bonds. The van der Waals surface area contributed by atoms with Gasteiger partial charge in [-0.2, -0.15) is 13.2 Å². The minimum atomic E-state index is -4.33. The van der Waals surface area contributed by atoms with Crippen LogP contribution in [0.15, 0.2) is 18.2 Å². The van der Waals surface area contributed by atoms with E-state index in [9.17, 15) is 13.2 Å². The fourth-order valence-corrected chi connectivity index (χ4v) is 3.54. The van der Waals surface area contributed by atoms with Gasteiger partial charge in [0, 0.05) is 17.6 Å². The molecule has 2 bridgehead atoms. The lowest BCUT2D eigenvalue weighted by molar-refractivity contribution is -0.138. The summed E-state index contributed by atoms with van der Waals surface area (Å²) in [5.41, 5.74) is -0.414. The highest BCUT2D eigenvalue weighted by atomic mass is 19.4. The number of ether oxygens (including phenoxy) is 1. The summed E-state index contributed by atoms with van der Waals surface area (Å²) in [5.74, 6) is 0.370. The number of hydrogen-bond acceptors (Lipinski definition) is 2. The van der Waals surface area contributed by atoms with Crippen molar-refractivity contribution in [3.63, 3.8) is 0 Å². The lowest BCUT2D eigenvalue weighted by Gasteiger charge is -2.40. The molecule has 2 heterocycles. The average Bonchev–Trinajstić information content (AvgIpc) is 2.39. The Morgan fingerprint density at radius 3 is 2.43 bits per heavy atom. The number of fused-ring (bicyclic) bond motifs is 2. The van der Waals surface area contributed by atoms with Crippen LogP contribution in [0, 0.1) is 6.92 Å². The van der Waals surface area contributed by atoms with Crippen molar-refractivity contribution >= 4 is 0 Å². The van der Waals surface area contributed by atoms with Gasteiger partial charge in [0.05, 0.1) is 5.56 Å². The monoisotopic (exact) mass is 299 g/mol. The summed E-state index contributed by atoms with van der Waals surface area (Å²) in [4.78, 5) is 0. The summed E-state index contributed by atoms with van der Waals surface area (Å²) < 4.78 is 44.7. The molecular weight excluding hydrogens is 279 g/mol. The zero-order valence-electron chi connectivity index (χ0n) is 12.0. The number of benzene rings is 1. The maximum Gasteiger partial charge on any atom is 0.416 e. The predicted octanol–water partition coefficient (Wildman–Crippen LogP) is 4.07. The van der Waals surface area contributed by atoms with Gasteiger partial charge in [-0.1, -0.05) is 12.5 Å². The highest BCUT2D eigenvalue weighted by Gasteiger charge is 2.35. The van der Waals surface area contributed by atoms with E-state index in [2.05, 4.69) is 5.32 Å². The highest BCUT2D eigenvalue weighted by molar-refractivity contribution is 5.40. The average molecular weight is 299 g/mol. The van der Waals surface area contributed by atoms with Gasteiger partial charge >= 0.3 is 6.18 Å². The van der Waals surface area contributed by atoms with Crippen LogP contribution >= 0.6 is 0 Å². The summed E-state index contributed by atoms with van der Waals surface area (Å²) >= 11 is 0. The highest BCUT2D eigenvalue weighted by Crippen LogP contribution is 2.37. The Hall–Kier alpha value is -1.23. The van der Waals surface area contributed by atoms with Crippen molar-refractivity contribution in [1.29, 1.82) is 0 Å². The van der Waals surface area contributed by atoms with Crippen molar-refractivity contribution in [2.45, 2.75) is 63.4 Å². The van der Waals surface area contributed by atoms with E-state index < -0.39 is 11.7 Å². The lowest BCUT2D eigenvalue weighted by Crippen LogP contribution is -2.51. The first-order valence-electron chi connectivity index (χ1n) is 7.53. The second kappa shape index (κ2) is 5.52. The number of hydrogen-bond donors (Lipinski definition) is 1. The molecule has 2 nitrogen and oxygen atoms in total. The van der Waals surface area contributed by atoms with E-state index in [4.69, 9.17) is 4.74 Å². The fourth-order valence-electron chi connectivity index (χ4n) is 3.54. The molecule has 21 heavy (non-hydrogen) atoms. The smallest absolute Gasteiger partial charge is 0.416 e. The lowest BCUT2D eigenvalue weighted by atomic mass is 9.85. The van der Waals surface area contributed by atoms with Crippen molar-refractivity contribution in [2.75, 3.05) is 0 Å². The van der Waals surface area contributed by atoms with Gasteiger partial charge in [0.2, 0.25) is 0 Å². The standard InChI is InChI=1S/C16H20F3NO/c1-10-14(16(17,18)19)6-3-7-15(10)21-13-8-11-4-2-5-12(9-13)20-11/h3,6-7,11-13,20H,2,4-5,8-9H2,1H3. The van der Waals surface area contributed by atoms with Crippen LogP contribution in [0.2, 0.25) is 0 Å². The van der Waals surface area contributed by atoms with E-state index in [1.54, 1.807) is 6.07 Å². The molecule has 1 aromatic rings. The predicted molar refractivity (Wildman–Crippen MR) is 74.4 cm³/mol. The van der Waals surface area contributed by atoms with Crippen LogP contribution < -0.4 is 10.1 Å². The van der Waals surface area contributed by atoms with Crippen LogP contribution in [0.25, 0.3) is 0 Å². The van der Waals surface area contributed by atoms with E-state index in [-0.39, 0.29) is 11.7 Å². The zero-order chi connectivity index (χ0) is 15.0. The normalized spacial score (nSPS) is 29.2. The van der Waals surface area contributed by atoms with Crippen molar-refractivity contribution in [3.05, 3.63) is 29.3 Å². The second-order valence-corrected chi connectivity index (χ2v) is 6.13. The number of nitrogens with one attached hydrogen (secondary N) is 1. The largest absolute Gasteiger partial charge is 0.490 e. The molecule has 0 aromatic heterocycles. The van der Waals surface area contributed by atoms with Gasteiger partial charge < -0.3 is 10.1 Å². The summed E-state index contributed by atoms with van der Waals surface area (Å²) in [6.07, 6.45) is 0.962. The molecule has 0 aliphatic carbocycles. The number of halogens is 3. The summed E-state index contributed by atoms with van der Waals surface area (Å²) in [6.45, 7) is 1.49. The third-order valence-electron chi connectivity index (χ3n) is 4.55. The maximum atomic E-state index is 12.9. The Balaban J connectivity index is 1.76. The summed E-state index contributed by atoms with van der Waals surface area (Å²) in [7, 11) is 0. The Kier molecular flexibility index (Phi) is 3.86. The van der Waals surface area contributed by atoms with Gasteiger partial charge in [-0.15, -0.1) is 0 Å². The van der Waals surface area contributed by atoms with Crippen molar-refractivity contribution in [2.24, 2.45) is 0 Å². The molecular formula is C16H20F3NO. The topological polar surface area (TPSA) is 21.3 Å². The molecule has 2 fully saturated rings. The maximum absolute atomic E-state index is 12.9. The molecule has 2 saturated heterocycles. The number of piperidine rings is 2. The minimum absolute atomic E-state index is 0.0173. The van der Waals surface area contributed by atoms with Crippen molar-refractivity contribution < 1.29 is 17.9 Å². The van der Waals surface area contributed by atoms with E-state index in [0.717, 1.165) is 31.7 Å². The first-order valence-corrected chi connectivity index (χ1v) is 7.53. The number of rotatable bonds is 2. The Bertz CT molecular complexity index is 503. The van der Waals surface area contributed by atoms with E-state index in [1.807, 2.05) is 0 Å². The molecule has 1 aromatic carbocycles. The van der Waals surface area contributed by atoms with Gasteiger partial charge in [-0.05, 0) is 44.7 Å². The molecule has 2 atom stereocenters. The Morgan fingerprint density at radius 1 is 1.14 bits per heavy atom. The molecule has 116 valence electrons. The van der Waals surface area contributed by atoms with Crippen molar-refractivity contribution in [1.82, 2.24) is 5.32 Å². The molecule has 5 heteroatoms. The van der Waals surface area contributed by atoms with Gasteiger partial charge in [-0.25, -0.2) is 0 Å². The third kappa shape index (κ3) is 3.18. The van der Waals surface area contributed by atoms with E-state index in [0.29, 0.717) is 17.8 Å². The van der Waals surface area contributed by atoms with Crippen LogP contribution in [0.5, 0.6) is 5.75 Å². The first-order chi connectivity index (χ1) is 9.93. The SMILES string of the molecule is Cc1c(OC2CC3CCCC(C2)N3)cccc1C(F)(F)F. The number of alkyl halides is 3. The Morgan fingerprint density at radius 2 is 1.81 bits per heavy atom. The molecule has 2 aliphatic heterocycles. The van der Waals surface area contributed by atoms with E-state index >= 15 is 0 Å². The molecule has 0 spiro atoms. The second-order valence-electron chi connectivity index (χ2n) is 6.13. The third-order valence-corrected chi connectivity index (χ3v) is 4.55. The van der Waals surface area contributed by atoms with Crippen molar-refractivity contribution in [3.8, 4) is 5.75 Å². The van der Waals surface area contributed by atoms with Crippen LogP contribution in [0.3, 0.4) is 0 Å². The molecule has 2 unspecified atom stereocenters. The van der Waals surface area contributed by atoms with Gasteiger partial charge in [-0.3, -0.25) is 0 Å². The first kappa shape index (κ1) is 14.7. The summed E-state index contributed by atoms with van der Waals surface area (Å²) in [5, 5.41) is 3.56.